The molecule has 0 atom stereocenters. The van der Waals surface area contributed by atoms with Crippen LogP contribution in [0.4, 0.5) is 0 Å². The van der Waals surface area contributed by atoms with Crippen molar-refractivity contribution < 1.29 is 0 Å². The van der Waals surface area contributed by atoms with Crippen molar-refractivity contribution in [3.63, 3.8) is 0 Å². The smallest absolute Gasteiger partial charge is 0.0795 e. The van der Waals surface area contributed by atoms with Crippen molar-refractivity contribution in [3.05, 3.63) is 78.5 Å². The van der Waals surface area contributed by atoms with Gasteiger partial charge in [0.15, 0.2) is 0 Å². The molecule has 2 heterocycles. The first-order chi connectivity index (χ1) is 13.0. The zero-order valence-corrected chi connectivity index (χ0v) is 16.6. The van der Waals surface area contributed by atoms with Crippen molar-refractivity contribution in [2.45, 2.75) is 26.2 Å². The minimum absolute atomic E-state index is 0.0697. The third kappa shape index (κ3) is 2.64. The molecule has 5 aromatic rings. The highest BCUT2D eigenvalue weighted by molar-refractivity contribution is 7.25. The Hall–Kier alpha value is -2.71. The Morgan fingerprint density at radius 2 is 1.52 bits per heavy atom. The van der Waals surface area contributed by atoms with E-state index in [1.807, 2.05) is 17.5 Å². The molecule has 1 nitrogen and oxygen atoms in total. The zero-order valence-electron chi connectivity index (χ0n) is 15.8. The van der Waals surface area contributed by atoms with Crippen LogP contribution in [0.1, 0.15) is 26.3 Å². The van der Waals surface area contributed by atoms with Gasteiger partial charge in [0, 0.05) is 31.9 Å². The normalized spacial score (nSPS) is 12.3. The molecule has 0 saturated carbocycles. The molecule has 0 bridgehead atoms. The first-order valence-corrected chi connectivity index (χ1v) is 10.1. The van der Waals surface area contributed by atoms with Gasteiger partial charge in [0.2, 0.25) is 0 Å². The first-order valence-electron chi connectivity index (χ1n) is 9.32. The van der Waals surface area contributed by atoms with Crippen molar-refractivity contribution in [1.82, 2.24) is 4.98 Å². The fourth-order valence-corrected chi connectivity index (χ4v) is 5.06. The molecule has 0 unspecified atom stereocenters. The van der Waals surface area contributed by atoms with Gasteiger partial charge in [-0.2, -0.15) is 0 Å². The van der Waals surface area contributed by atoms with Crippen LogP contribution in [0.25, 0.3) is 42.2 Å². The molecule has 0 aliphatic carbocycles. The molecule has 0 radical (unpaired) electrons. The Bertz CT molecular complexity index is 1300. The number of hydrogen-bond donors (Lipinski definition) is 0. The van der Waals surface area contributed by atoms with Gasteiger partial charge in [0.1, 0.15) is 0 Å². The van der Waals surface area contributed by atoms with Crippen LogP contribution in [0, 0.1) is 0 Å². The zero-order chi connectivity index (χ0) is 18.6. The van der Waals surface area contributed by atoms with Gasteiger partial charge in [-0.15, -0.1) is 11.3 Å². The number of thiophene rings is 1. The highest BCUT2D eigenvalue weighted by Crippen LogP contribution is 2.41. The second kappa shape index (κ2) is 5.90. The number of rotatable bonds is 1. The van der Waals surface area contributed by atoms with E-state index < -0.39 is 0 Å². The molecule has 0 spiro atoms. The third-order valence-electron chi connectivity index (χ3n) is 5.23. The number of pyridine rings is 1. The molecule has 132 valence electrons. The molecule has 0 saturated heterocycles. The van der Waals surface area contributed by atoms with Crippen LogP contribution in [-0.4, -0.2) is 4.98 Å². The molecular weight excluding hydrogens is 346 g/mol. The van der Waals surface area contributed by atoms with Gasteiger partial charge in [0.25, 0.3) is 0 Å². The van der Waals surface area contributed by atoms with Gasteiger partial charge < -0.3 is 0 Å². The molecule has 27 heavy (non-hydrogen) atoms. The second-order valence-electron chi connectivity index (χ2n) is 8.13. The standard InChI is InChI=1S/C25H21NS/c1-25(2,3)20-15-17(14-16-8-4-5-9-18(16)20)24-23-19-10-6-7-11-21(19)27-22(23)12-13-26-24/h4-15H,1-3H3. The molecule has 2 heteroatoms. The van der Waals surface area contributed by atoms with Gasteiger partial charge in [-0.3, -0.25) is 4.98 Å². The van der Waals surface area contributed by atoms with Gasteiger partial charge in [0.05, 0.1) is 5.69 Å². The van der Waals surface area contributed by atoms with E-state index in [9.17, 15) is 0 Å². The average molecular weight is 368 g/mol. The van der Waals surface area contributed by atoms with Crippen LogP contribution >= 0.6 is 11.3 Å². The monoisotopic (exact) mass is 367 g/mol. The summed E-state index contributed by atoms with van der Waals surface area (Å²) in [6.07, 6.45) is 1.94. The molecule has 0 fully saturated rings. The number of hydrogen-bond acceptors (Lipinski definition) is 2. The van der Waals surface area contributed by atoms with Crippen molar-refractivity contribution in [3.8, 4) is 11.3 Å². The number of benzene rings is 3. The number of fused-ring (bicyclic) bond motifs is 4. The second-order valence-corrected chi connectivity index (χ2v) is 9.21. The van der Waals surface area contributed by atoms with Crippen molar-refractivity contribution in [2.24, 2.45) is 0 Å². The van der Waals surface area contributed by atoms with E-state index in [4.69, 9.17) is 4.98 Å². The van der Waals surface area contributed by atoms with Crippen LogP contribution in [0.5, 0.6) is 0 Å². The van der Waals surface area contributed by atoms with Gasteiger partial charge in [-0.05, 0) is 46.0 Å². The summed E-state index contributed by atoms with van der Waals surface area (Å²) in [7, 11) is 0. The van der Waals surface area contributed by atoms with Crippen LogP contribution < -0.4 is 0 Å². The first kappa shape index (κ1) is 16.5. The lowest BCUT2D eigenvalue weighted by molar-refractivity contribution is 0.596. The minimum Gasteiger partial charge on any atom is -0.256 e. The third-order valence-corrected chi connectivity index (χ3v) is 6.37. The maximum absolute atomic E-state index is 4.84. The molecule has 3 aromatic carbocycles. The Kier molecular flexibility index (Phi) is 3.60. The van der Waals surface area contributed by atoms with Gasteiger partial charge in [-0.25, -0.2) is 0 Å². The predicted octanol–water partition coefficient (Wildman–Crippen LogP) is 7.57. The summed E-state index contributed by atoms with van der Waals surface area (Å²) in [4.78, 5) is 4.84. The predicted molar refractivity (Wildman–Crippen MR) is 119 cm³/mol. The lowest BCUT2D eigenvalue weighted by atomic mass is 9.82. The van der Waals surface area contributed by atoms with Gasteiger partial charge in [-0.1, -0.05) is 63.2 Å². The maximum atomic E-state index is 4.84. The highest BCUT2D eigenvalue weighted by atomic mass is 32.1. The molecule has 0 aliphatic rings. The van der Waals surface area contributed by atoms with E-state index in [1.165, 1.54) is 42.1 Å². The fourth-order valence-electron chi connectivity index (χ4n) is 3.96. The lowest BCUT2D eigenvalue weighted by Gasteiger charge is -2.23. The fraction of sp³-hybridized carbons (Fsp3) is 0.160. The Labute approximate surface area is 163 Å². The summed E-state index contributed by atoms with van der Waals surface area (Å²) in [6.45, 7) is 6.85. The summed E-state index contributed by atoms with van der Waals surface area (Å²) in [5, 5.41) is 5.17. The van der Waals surface area contributed by atoms with Gasteiger partial charge >= 0.3 is 0 Å². The Balaban J connectivity index is 1.89. The van der Waals surface area contributed by atoms with E-state index in [0.29, 0.717) is 0 Å². The van der Waals surface area contributed by atoms with Crippen molar-refractivity contribution in [2.75, 3.05) is 0 Å². The van der Waals surface area contributed by atoms with E-state index in [2.05, 4.69) is 87.5 Å². The molecule has 0 amide bonds. The van der Waals surface area contributed by atoms with E-state index in [-0.39, 0.29) is 5.41 Å². The van der Waals surface area contributed by atoms with Crippen LogP contribution in [0.3, 0.4) is 0 Å². The Morgan fingerprint density at radius 1 is 0.778 bits per heavy atom. The molecule has 2 aromatic heterocycles. The largest absolute Gasteiger partial charge is 0.256 e. The summed E-state index contributed by atoms with van der Waals surface area (Å²) < 4.78 is 2.62. The maximum Gasteiger partial charge on any atom is 0.0795 e. The SMILES string of the molecule is CC(C)(C)c1cc(-c2nccc3sc4ccccc4c23)cc2ccccc12. The molecule has 5 rings (SSSR count). The van der Waals surface area contributed by atoms with Crippen molar-refractivity contribution >= 4 is 42.3 Å². The Morgan fingerprint density at radius 3 is 2.33 bits per heavy atom. The molecule has 0 aliphatic heterocycles. The topological polar surface area (TPSA) is 12.9 Å². The van der Waals surface area contributed by atoms with E-state index in [0.717, 1.165) is 5.69 Å². The minimum atomic E-state index is 0.0697. The quantitative estimate of drug-likeness (QED) is 0.298. The summed E-state index contributed by atoms with van der Waals surface area (Å²) in [5.41, 5.74) is 3.73. The number of nitrogens with zero attached hydrogens (tertiary/aromatic N) is 1. The van der Waals surface area contributed by atoms with Crippen LogP contribution in [0.15, 0.2) is 72.9 Å². The number of aromatic nitrogens is 1. The summed E-state index contributed by atoms with van der Waals surface area (Å²) in [6, 6.07) is 24.1. The van der Waals surface area contributed by atoms with E-state index >= 15 is 0 Å². The van der Waals surface area contributed by atoms with Crippen molar-refractivity contribution in [1.29, 1.82) is 0 Å². The summed E-state index contributed by atoms with van der Waals surface area (Å²) >= 11 is 1.84. The van der Waals surface area contributed by atoms with E-state index in [1.54, 1.807) is 0 Å². The molecule has 0 N–H and O–H groups in total. The summed E-state index contributed by atoms with van der Waals surface area (Å²) in [5.74, 6) is 0. The highest BCUT2D eigenvalue weighted by Gasteiger charge is 2.20. The molecular formula is C25H21NS. The average Bonchev–Trinajstić information content (AvgIpc) is 3.05. The lowest BCUT2D eigenvalue weighted by Crippen LogP contribution is -2.12. The van der Waals surface area contributed by atoms with Crippen LogP contribution in [0.2, 0.25) is 0 Å². The van der Waals surface area contributed by atoms with Crippen LogP contribution in [-0.2, 0) is 5.41 Å².